The molecule has 0 N–H and O–H groups in total. The first kappa shape index (κ1) is 14.5. The largest absolute Gasteiger partial charge is 0.462 e. The summed E-state index contributed by atoms with van der Waals surface area (Å²) >= 11 is 0. The van der Waals surface area contributed by atoms with E-state index in [0.29, 0.717) is 23.9 Å². The molecule has 0 unspecified atom stereocenters. The van der Waals surface area contributed by atoms with Crippen LogP contribution in [0, 0.1) is 11.3 Å². The Morgan fingerprint density at radius 2 is 2.29 bits per heavy atom. The van der Waals surface area contributed by atoms with E-state index < -0.39 is 5.97 Å². The maximum atomic E-state index is 11.8. The van der Waals surface area contributed by atoms with Crippen LogP contribution in [0.15, 0.2) is 30.6 Å². The summed E-state index contributed by atoms with van der Waals surface area (Å²) in [5.74, 6) is -0.399. The van der Waals surface area contributed by atoms with Gasteiger partial charge in [-0.15, -0.1) is 0 Å². The average Bonchev–Trinajstić information content (AvgIpc) is 3.20. The van der Waals surface area contributed by atoms with Crippen LogP contribution in [0.5, 0.6) is 0 Å². The van der Waals surface area contributed by atoms with Gasteiger partial charge in [0.15, 0.2) is 5.69 Å². The van der Waals surface area contributed by atoms with Crippen molar-refractivity contribution in [2.24, 2.45) is 0 Å². The van der Waals surface area contributed by atoms with Crippen LogP contribution in [0.2, 0.25) is 0 Å². The second kappa shape index (κ2) is 5.49. The Morgan fingerprint density at radius 3 is 3.00 bits per heavy atom. The SMILES string of the molecule is CCOC(=O)c1cnn(-c2ccc3c(c2)c(C#N)nn3C2CC2)c1. The highest BCUT2D eigenvalue weighted by Crippen LogP contribution is 2.37. The zero-order valence-corrected chi connectivity index (χ0v) is 13.1. The molecule has 1 aliphatic rings. The summed E-state index contributed by atoms with van der Waals surface area (Å²) in [5, 5.41) is 18.8. The molecule has 2 heterocycles. The molecule has 1 aromatic carbocycles. The first-order valence-electron chi connectivity index (χ1n) is 7.85. The second-order valence-corrected chi connectivity index (χ2v) is 5.73. The lowest BCUT2D eigenvalue weighted by atomic mass is 10.2. The van der Waals surface area contributed by atoms with Crippen LogP contribution < -0.4 is 0 Å². The molecule has 2 aromatic heterocycles. The molecule has 0 amide bonds. The number of benzene rings is 1. The summed E-state index contributed by atoms with van der Waals surface area (Å²) in [6, 6.07) is 8.29. The second-order valence-electron chi connectivity index (χ2n) is 5.73. The van der Waals surface area contributed by atoms with E-state index in [1.165, 1.54) is 6.20 Å². The minimum atomic E-state index is -0.399. The Hall–Kier alpha value is -3.14. The molecule has 0 spiro atoms. The van der Waals surface area contributed by atoms with Crippen LogP contribution in [0.4, 0.5) is 0 Å². The van der Waals surface area contributed by atoms with E-state index in [9.17, 15) is 10.1 Å². The molecule has 0 radical (unpaired) electrons. The monoisotopic (exact) mass is 321 g/mol. The van der Waals surface area contributed by atoms with Gasteiger partial charge in [0.1, 0.15) is 6.07 Å². The minimum absolute atomic E-state index is 0.321. The van der Waals surface area contributed by atoms with Gasteiger partial charge in [0.2, 0.25) is 0 Å². The number of esters is 1. The summed E-state index contributed by atoms with van der Waals surface area (Å²) in [6.45, 7) is 2.08. The Bertz CT molecular complexity index is 975. The molecule has 7 nitrogen and oxygen atoms in total. The quantitative estimate of drug-likeness (QED) is 0.689. The maximum Gasteiger partial charge on any atom is 0.341 e. The van der Waals surface area contributed by atoms with Crippen LogP contribution in [0.3, 0.4) is 0 Å². The number of carbonyl (C=O) groups is 1. The molecule has 0 bridgehead atoms. The van der Waals surface area contributed by atoms with E-state index in [1.807, 2.05) is 22.9 Å². The number of aromatic nitrogens is 4. The van der Waals surface area contributed by atoms with Gasteiger partial charge in [-0.3, -0.25) is 4.68 Å². The molecule has 24 heavy (non-hydrogen) atoms. The summed E-state index contributed by atoms with van der Waals surface area (Å²) < 4.78 is 8.51. The minimum Gasteiger partial charge on any atom is -0.462 e. The lowest BCUT2D eigenvalue weighted by Crippen LogP contribution is -2.03. The van der Waals surface area contributed by atoms with E-state index in [0.717, 1.165) is 29.4 Å². The van der Waals surface area contributed by atoms with Gasteiger partial charge in [0.25, 0.3) is 0 Å². The predicted molar refractivity (Wildman–Crippen MR) is 85.8 cm³/mol. The van der Waals surface area contributed by atoms with Crippen LogP contribution >= 0.6 is 0 Å². The van der Waals surface area contributed by atoms with E-state index in [2.05, 4.69) is 16.3 Å². The van der Waals surface area contributed by atoms with Crippen molar-refractivity contribution in [1.82, 2.24) is 19.6 Å². The summed E-state index contributed by atoms with van der Waals surface area (Å²) in [6.07, 6.45) is 5.30. The smallest absolute Gasteiger partial charge is 0.341 e. The molecule has 1 aliphatic carbocycles. The highest BCUT2D eigenvalue weighted by Gasteiger charge is 2.27. The van der Waals surface area contributed by atoms with Gasteiger partial charge in [-0.2, -0.15) is 15.5 Å². The fourth-order valence-corrected chi connectivity index (χ4v) is 2.74. The molecule has 1 saturated carbocycles. The number of nitrogens with zero attached hydrogens (tertiary/aromatic N) is 5. The fourth-order valence-electron chi connectivity index (χ4n) is 2.74. The van der Waals surface area contributed by atoms with Crippen molar-refractivity contribution in [2.75, 3.05) is 6.61 Å². The Balaban J connectivity index is 1.75. The molecule has 1 fully saturated rings. The van der Waals surface area contributed by atoms with Crippen molar-refractivity contribution in [3.63, 3.8) is 0 Å². The van der Waals surface area contributed by atoms with Gasteiger partial charge in [-0.05, 0) is 38.0 Å². The normalized spacial score (nSPS) is 13.8. The number of rotatable bonds is 4. The number of hydrogen-bond acceptors (Lipinski definition) is 5. The molecular weight excluding hydrogens is 306 g/mol. The van der Waals surface area contributed by atoms with Gasteiger partial charge in [0, 0.05) is 11.6 Å². The van der Waals surface area contributed by atoms with Gasteiger partial charge in [-0.25, -0.2) is 9.48 Å². The number of hydrogen-bond donors (Lipinski definition) is 0. The molecule has 7 heteroatoms. The first-order valence-corrected chi connectivity index (χ1v) is 7.85. The standard InChI is InChI=1S/C17H15N5O2/c1-2-24-17(23)11-9-19-21(10-11)13-5-6-16-14(7-13)15(8-18)20-22(16)12-3-4-12/h5-7,9-10,12H,2-4H2,1H3. The molecule has 120 valence electrons. The third-order valence-corrected chi connectivity index (χ3v) is 4.05. The third-order valence-electron chi connectivity index (χ3n) is 4.05. The lowest BCUT2D eigenvalue weighted by Gasteiger charge is -2.03. The zero-order valence-electron chi connectivity index (χ0n) is 13.1. The number of carbonyl (C=O) groups excluding carboxylic acids is 1. The fraction of sp³-hybridized carbons (Fsp3) is 0.294. The number of ether oxygens (including phenoxy) is 1. The van der Waals surface area contributed by atoms with Crippen molar-refractivity contribution in [3.05, 3.63) is 41.9 Å². The van der Waals surface area contributed by atoms with Gasteiger partial charge >= 0.3 is 5.97 Å². The Kier molecular flexibility index (Phi) is 3.31. The first-order chi connectivity index (χ1) is 11.7. The van der Waals surface area contributed by atoms with Crippen LogP contribution in [0.1, 0.15) is 41.9 Å². The van der Waals surface area contributed by atoms with Crippen molar-refractivity contribution in [3.8, 4) is 11.8 Å². The average molecular weight is 321 g/mol. The van der Waals surface area contributed by atoms with Crippen molar-refractivity contribution < 1.29 is 9.53 Å². The Labute approximate surface area is 138 Å². The van der Waals surface area contributed by atoms with Gasteiger partial charge in [0.05, 0.1) is 35.6 Å². The van der Waals surface area contributed by atoms with Gasteiger partial charge < -0.3 is 4.74 Å². The zero-order chi connectivity index (χ0) is 16.7. The topological polar surface area (TPSA) is 85.7 Å². The lowest BCUT2D eigenvalue weighted by molar-refractivity contribution is 0.0526. The van der Waals surface area contributed by atoms with E-state index in [4.69, 9.17) is 4.74 Å². The summed E-state index contributed by atoms with van der Waals surface area (Å²) in [4.78, 5) is 11.8. The van der Waals surface area contributed by atoms with Crippen molar-refractivity contribution >= 4 is 16.9 Å². The highest BCUT2D eigenvalue weighted by molar-refractivity contribution is 5.89. The van der Waals surface area contributed by atoms with Crippen LogP contribution in [-0.2, 0) is 4.74 Å². The van der Waals surface area contributed by atoms with Crippen molar-refractivity contribution in [1.29, 1.82) is 5.26 Å². The van der Waals surface area contributed by atoms with E-state index in [-0.39, 0.29) is 0 Å². The molecule has 4 rings (SSSR count). The van der Waals surface area contributed by atoms with E-state index >= 15 is 0 Å². The van der Waals surface area contributed by atoms with Crippen LogP contribution in [0.25, 0.3) is 16.6 Å². The number of nitriles is 1. The van der Waals surface area contributed by atoms with Gasteiger partial charge in [-0.1, -0.05) is 0 Å². The molecule has 0 aliphatic heterocycles. The molecule has 0 atom stereocenters. The van der Waals surface area contributed by atoms with Crippen molar-refractivity contribution in [2.45, 2.75) is 25.8 Å². The molecular formula is C17H15N5O2. The summed E-state index contributed by atoms with van der Waals surface area (Å²) in [7, 11) is 0. The molecule has 0 saturated heterocycles. The summed E-state index contributed by atoms with van der Waals surface area (Å²) in [5.41, 5.74) is 2.53. The predicted octanol–water partition coefficient (Wildman–Crippen LogP) is 2.61. The maximum absolute atomic E-state index is 11.8. The highest BCUT2D eigenvalue weighted by atomic mass is 16.5. The number of fused-ring (bicyclic) bond motifs is 1. The third kappa shape index (κ3) is 2.33. The van der Waals surface area contributed by atoms with Crippen LogP contribution in [-0.4, -0.2) is 32.1 Å². The van der Waals surface area contributed by atoms with E-state index in [1.54, 1.807) is 17.8 Å². The molecule has 3 aromatic rings. The Morgan fingerprint density at radius 1 is 1.46 bits per heavy atom.